The van der Waals surface area contributed by atoms with Crippen LogP contribution in [0, 0.1) is 5.92 Å². The molecule has 5 heteroatoms. The van der Waals surface area contributed by atoms with E-state index >= 15 is 0 Å². The number of ether oxygens (including phenoxy) is 1. The van der Waals surface area contributed by atoms with Crippen molar-refractivity contribution in [2.75, 3.05) is 7.11 Å². The monoisotopic (exact) mass is 218 g/mol. The van der Waals surface area contributed by atoms with Crippen LogP contribution in [0.15, 0.2) is 40.6 Å². The summed E-state index contributed by atoms with van der Waals surface area (Å²) in [7, 11) is 1.20. The smallest absolute Gasteiger partial charge is 0.345 e. The van der Waals surface area contributed by atoms with Crippen LogP contribution in [-0.4, -0.2) is 24.7 Å². The van der Waals surface area contributed by atoms with Crippen molar-refractivity contribution in [3.8, 4) is 0 Å². The first-order valence-electron chi connectivity index (χ1n) is 4.71. The molecular weight excluding hydrogens is 208 g/mol. The number of nitrogens with two attached hydrogens (primary N) is 1. The average Bonchev–Trinajstić information content (AvgIpc) is 2.28. The Morgan fingerprint density at radius 1 is 1.50 bits per heavy atom. The molecule has 5 nitrogen and oxygen atoms in total. The number of aliphatic imine (C=N–C) groups is 1. The molecule has 0 spiro atoms. The molecule has 1 atom stereocenters. The van der Waals surface area contributed by atoms with Gasteiger partial charge in [-0.25, -0.2) is 9.79 Å². The van der Waals surface area contributed by atoms with E-state index in [1.54, 1.807) is 24.3 Å². The maximum absolute atomic E-state index is 11.6. The predicted octanol–water partition coefficient (Wildman–Crippen LogP) is 0.0956. The van der Waals surface area contributed by atoms with Gasteiger partial charge >= 0.3 is 5.97 Å². The number of amides is 1. The molecule has 1 amide bonds. The molecular formula is C11H10N2O3. The number of hydrogen-bond acceptors (Lipinski definition) is 4. The fraction of sp³-hybridized carbons (Fsp3) is 0.182. The quantitative estimate of drug-likeness (QED) is 0.499. The number of dihydropyridines is 1. The van der Waals surface area contributed by atoms with E-state index in [-0.39, 0.29) is 17.2 Å². The van der Waals surface area contributed by atoms with Crippen LogP contribution in [-0.2, 0) is 14.3 Å². The van der Waals surface area contributed by atoms with Crippen LogP contribution >= 0.6 is 0 Å². The van der Waals surface area contributed by atoms with Crippen molar-refractivity contribution < 1.29 is 14.3 Å². The van der Waals surface area contributed by atoms with E-state index in [0.717, 1.165) is 0 Å². The van der Waals surface area contributed by atoms with Crippen LogP contribution in [0.2, 0.25) is 0 Å². The largest absolute Gasteiger partial charge is 0.465 e. The van der Waals surface area contributed by atoms with E-state index in [0.29, 0.717) is 5.71 Å². The van der Waals surface area contributed by atoms with Crippen LogP contribution < -0.4 is 5.73 Å². The standard InChI is InChI=1S/C11H10N2O3/c1-16-11(15)8-9(12)6-4-2-3-5-7(6)13-10(8)14/h2-6H,12H2,1H3. The van der Waals surface area contributed by atoms with E-state index in [2.05, 4.69) is 9.73 Å². The van der Waals surface area contributed by atoms with Crippen molar-refractivity contribution >= 4 is 17.6 Å². The Hall–Kier alpha value is -2.17. The second-order valence-corrected chi connectivity index (χ2v) is 3.39. The van der Waals surface area contributed by atoms with Crippen LogP contribution in [0.3, 0.4) is 0 Å². The summed E-state index contributed by atoms with van der Waals surface area (Å²) < 4.78 is 4.50. The van der Waals surface area contributed by atoms with Gasteiger partial charge in [-0.3, -0.25) is 4.79 Å². The van der Waals surface area contributed by atoms with Gasteiger partial charge < -0.3 is 10.5 Å². The van der Waals surface area contributed by atoms with Crippen molar-refractivity contribution in [2.24, 2.45) is 16.6 Å². The second kappa shape index (κ2) is 3.77. The molecule has 1 heterocycles. The van der Waals surface area contributed by atoms with Crippen molar-refractivity contribution in [2.45, 2.75) is 0 Å². The summed E-state index contributed by atoms with van der Waals surface area (Å²) in [4.78, 5) is 26.8. The molecule has 0 bridgehead atoms. The molecule has 1 aliphatic carbocycles. The third-order valence-electron chi connectivity index (χ3n) is 2.46. The van der Waals surface area contributed by atoms with Crippen LogP contribution in [0.1, 0.15) is 0 Å². The van der Waals surface area contributed by atoms with Gasteiger partial charge in [0.25, 0.3) is 5.91 Å². The SMILES string of the molecule is COC(=O)C1=C(N)C2C=CC=CC2=NC1=O. The first-order chi connectivity index (χ1) is 7.65. The highest BCUT2D eigenvalue weighted by Crippen LogP contribution is 2.24. The zero-order valence-electron chi connectivity index (χ0n) is 8.64. The van der Waals surface area contributed by atoms with Crippen molar-refractivity contribution in [1.82, 2.24) is 0 Å². The van der Waals surface area contributed by atoms with Gasteiger partial charge in [0.2, 0.25) is 0 Å². The molecule has 0 aromatic heterocycles. The van der Waals surface area contributed by atoms with Gasteiger partial charge in [-0.15, -0.1) is 0 Å². The number of carbonyl (C=O) groups excluding carboxylic acids is 2. The maximum Gasteiger partial charge on any atom is 0.345 e. The lowest BCUT2D eigenvalue weighted by Gasteiger charge is -2.21. The number of fused-ring (bicyclic) bond motifs is 1. The van der Waals surface area contributed by atoms with E-state index in [1.165, 1.54) is 7.11 Å². The Kier molecular flexibility index (Phi) is 2.44. The van der Waals surface area contributed by atoms with Crippen LogP contribution in [0.25, 0.3) is 0 Å². The molecule has 0 saturated heterocycles. The molecule has 1 aliphatic heterocycles. The Balaban J connectivity index is 2.48. The first kappa shape index (κ1) is 10.4. The fourth-order valence-electron chi connectivity index (χ4n) is 1.66. The van der Waals surface area contributed by atoms with Gasteiger partial charge in [0.1, 0.15) is 5.57 Å². The zero-order valence-corrected chi connectivity index (χ0v) is 8.64. The van der Waals surface area contributed by atoms with Gasteiger partial charge in [-0.05, 0) is 6.08 Å². The van der Waals surface area contributed by atoms with Crippen LogP contribution in [0.5, 0.6) is 0 Å². The maximum atomic E-state index is 11.6. The molecule has 0 aromatic carbocycles. The molecule has 2 aliphatic rings. The van der Waals surface area contributed by atoms with Gasteiger partial charge in [-0.2, -0.15) is 0 Å². The van der Waals surface area contributed by atoms with Gasteiger partial charge in [0.05, 0.1) is 18.7 Å². The highest BCUT2D eigenvalue weighted by Gasteiger charge is 2.32. The minimum atomic E-state index is -0.742. The molecule has 2 rings (SSSR count). The normalized spacial score (nSPS) is 22.9. The Bertz CT molecular complexity index is 483. The number of nitrogens with zero attached hydrogens (tertiary/aromatic N) is 1. The van der Waals surface area contributed by atoms with E-state index in [1.807, 2.05) is 0 Å². The number of rotatable bonds is 1. The lowest BCUT2D eigenvalue weighted by atomic mass is 9.89. The summed E-state index contributed by atoms with van der Waals surface area (Å²) in [6.07, 6.45) is 7.04. The molecule has 16 heavy (non-hydrogen) atoms. The van der Waals surface area contributed by atoms with Crippen molar-refractivity contribution in [1.29, 1.82) is 0 Å². The summed E-state index contributed by atoms with van der Waals surface area (Å²) >= 11 is 0. The molecule has 2 N–H and O–H groups in total. The lowest BCUT2D eigenvalue weighted by molar-refractivity contribution is -0.137. The van der Waals surface area contributed by atoms with E-state index in [9.17, 15) is 9.59 Å². The Morgan fingerprint density at radius 3 is 2.94 bits per heavy atom. The van der Waals surface area contributed by atoms with Crippen molar-refractivity contribution in [3.05, 3.63) is 35.6 Å². The highest BCUT2D eigenvalue weighted by atomic mass is 16.5. The van der Waals surface area contributed by atoms with Gasteiger partial charge in [-0.1, -0.05) is 18.2 Å². The van der Waals surface area contributed by atoms with Crippen molar-refractivity contribution in [3.63, 3.8) is 0 Å². The highest BCUT2D eigenvalue weighted by molar-refractivity contribution is 6.24. The molecule has 82 valence electrons. The molecule has 1 unspecified atom stereocenters. The zero-order chi connectivity index (χ0) is 11.7. The number of methoxy groups -OCH3 is 1. The minimum absolute atomic E-state index is 0.170. The van der Waals surface area contributed by atoms with Gasteiger partial charge in [0.15, 0.2) is 0 Å². The molecule has 0 radical (unpaired) electrons. The molecule has 0 fully saturated rings. The molecule has 0 saturated carbocycles. The number of hydrogen-bond donors (Lipinski definition) is 1. The second-order valence-electron chi connectivity index (χ2n) is 3.39. The van der Waals surface area contributed by atoms with E-state index in [4.69, 9.17) is 5.73 Å². The minimum Gasteiger partial charge on any atom is -0.465 e. The topological polar surface area (TPSA) is 81.8 Å². The van der Waals surface area contributed by atoms with Gasteiger partial charge in [0, 0.05) is 5.70 Å². The fourth-order valence-corrected chi connectivity index (χ4v) is 1.66. The lowest BCUT2D eigenvalue weighted by Crippen LogP contribution is -2.32. The number of carbonyl (C=O) groups is 2. The first-order valence-corrected chi connectivity index (χ1v) is 4.71. The predicted molar refractivity (Wildman–Crippen MR) is 57.4 cm³/mol. The summed E-state index contributed by atoms with van der Waals surface area (Å²) in [5.41, 5.74) is 6.37. The third kappa shape index (κ3) is 1.46. The summed E-state index contributed by atoms with van der Waals surface area (Å²) in [6.45, 7) is 0. The van der Waals surface area contributed by atoms with Crippen LogP contribution in [0.4, 0.5) is 0 Å². The summed E-state index contributed by atoms with van der Waals surface area (Å²) in [5, 5.41) is 0. The molecule has 0 aromatic rings. The summed E-state index contributed by atoms with van der Waals surface area (Å²) in [5.74, 6) is -1.69. The number of esters is 1. The third-order valence-corrected chi connectivity index (χ3v) is 2.46. The number of allylic oxidation sites excluding steroid dienone is 4. The average molecular weight is 218 g/mol. The Labute approximate surface area is 92.0 Å². The van der Waals surface area contributed by atoms with E-state index < -0.39 is 11.9 Å². The summed E-state index contributed by atoms with van der Waals surface area (Å²) in [6, 6.07) is 0. The Morgan fingerprint density at radius 2 is 2.25 bits per heavy atom.